The number of benzene rings is 2. The van der Waals surface area contributed by atoms with Gasteiger partial charge < -0.3 is 10.1 Å². The first kappa shape index (κ1) is 17.7. The third kappa shape index (κ3) is 3.55. The number of carbonyl (C=O) groups excluding carboxylic acids is 2. The second-order valence-electron chi connectivity index (χ2n) is 6.27. The number of urea groups is 1. The second-order valence-corrected chi connectivity index (χ2v) is 6.27. The summed E-state index contributed by atoms with van der Waals surface area (Å²) in [6.07, 6.45) is 3.64. The van der Waals surface area contributed by atoms with Crippen LogP contribution in [-0.2, 0) is 11.2 Å². The number of amides is 3. The molecule has 2 heterocycles. The summed E-state index contributed by atoms with van der Waals surface area (Å²) in [7, 11) is 0. The zero-order valence-electron chi connectivity index (χ0n) is 14.7. The Morgan fingerprint density at radius 2 is 1.82 bits per heavy atom. The molecule has 1 N–H and O–H groups in total. The molecular weight excluding hydrogens is 361 g/mol. The number of nitrogens with zero attached hydrogens (tertiary/aromatic N) is 2. The largest absolute Gasteiger partial charge is 0.454 e. The van der Waals surface area contributed by atoms with Crippen molar-refractivity contribution in [3.63, 3.8) is 0 Å². The summed E-state index contributed by atoms with van der Waals surface area (Å²) in [5, 5.41) is 2.70. The van der Waals surface area contributed by atoms with Gasteiger partial charge in [-0.2, -0.15) is 0 Å². The molecule has 4 rings (SSSR count). The van der Waals surface area contributed by atoms with E-state index in [-0.39, 0.29) is 11.7 Å². The van der Waals surface area contributed by atoms with Crippen LogP contribution in [0.1, 0.15) is 5.56 Å². The molecule has 1 unspecified atom stereocenters. The van der Waals surface area contributed by atoms with Crippen molar-refractivity contribution in [1.82, 2.24) is 10.3 Å². The fraction of sp³-hybridized carbons (Fsp3) is 0.0952. The Bertz CT molecular complexity index is 1030. The number of hydrogen-bond donors (Lipinski definition) is 1. The van der Waals surface area contributed by atoms with Crippen LogP contribution in [0.2, 0.25) is 0 Å². The van der Waals surface area contributed by atoms with Crippen LogP contribution in [0.15, 0.2) is 73.1 Å². The van der Waals surface area contributed by atoms with Crippen molar-refractivity contribution in [1.29, 1.82) is 0 Å². The van der Waals surface area contributed by atoms with E-state index in [0.717, 1.165) is 10.5 Å². The van der Waals surface area contributed by atoms with E-state index in [9.17, 15) is 14.0 Å². The summed E-state index contributed by atoms with van der Waals surface area (Å²) in [5.41, 5.74) is 1.25. The summed E-state index contributed by atoms with van der Waals surface area (Å²) in [5.74, 6) is -0.474. The highest BCUT2D eigenvalue weighted by atomic mass is 19.1. The van der Waals surface area contributed by atoms with Crippen molar-refractivity contribution < 1.29 is 18.7 Å². The smallest absolute Gasteiger partial charge is 0.329 e. The van der Waals surface area contributed by atoms with Gasteiger partial charge in [-0.25, -0.2) is 14.1 Å². The molecule has 0 aliphatic carbocycles. The first-order chi connectivity index (χ1) is 13.6. The Morgan fingerprint density at radius 3 is 2.61 bits per heavy atom. The lowest BCUT2D eigenvalue weighted by atomic mass is 10.1. The first-order valence-electron chi connectivity index (χ1n) is 8.67. The van der Waals surface area contributed by atoms with Crippen molar-refractivity contribution in [3.05, 3.63) is 84.4 Å². The van der Waals surface area contributed by atoms with Gasteiger partial charge in [0.1, 0.15) is 11.8 Å². The molecule has 2 aromatic carbocycles. The second kappa shape index (κ2) is 7.48. The molecule has 0 spiro atoms. The minimum atomic E-state index is -0.661. The van der Waals surface area contributed by atoms with Gasteiger partial charge in [0.25, 0.3) is 5.91 Å². The number of para-hydroxylation sites is 1. The van der Waals surface area contributed by atoms with Crippen LogP contribution in [0.3, 0.4) is 0 Å². The number of aromatic nitrogens is 1. The van der Waals surface area contributed by atoms with Crippen molar-refractivity contribution in [3.8, 4) is 11.5 Å². The Balaban J connectivity index is 1.54. The Kier molecular flexibility index (Phi) is 4.72. The van der Waals surface area contributed by atoms with Crippen LogP contribution in [0.4, 0.5) is 14.9 Å². The standard InChI is InChI=1S/C21H16FN3O3/c22-17-6-1-2-7-19(17)28-16-5-3-4-15(13-16)25-20(26)18(24-21(25)27)12-14-8-10-23-11-9-14/h1-11,13,18H,12H2,(H,24,27). The quantitative estimate of drug-likeness (QED) is 0.689. The molecule has 0 saturated carbocycles. The number of pyridine rings is 1. The van der Waals surface area contributed by atoms with Crippen LogP contribution in [-0.4, -0.2) is 23.0 Å². The van der Waals surface area contributed by atoms with E-state index in [2.05, 4.69) is 10.3 Å². The highest BCUT2D eigenvalue weighted by molar-refractivity contribution is 6.21. The maximum atomic E-state index is 13.8. The van der Waals surface area contributed by atoms with Crippen molar-refractivity contribution >= 4 is 17.6 Å². The van der Waals surface area contributed by atoms with E-state index in [1.54, 1.807) is 54.9 Å². The van der Waals surface area contributed by atoms with Gasteiger partial charge in [0, 0.05) is 24.9 Å². The molecule has 3 aromatic rings. The van der Waals surface area contributed by atoms with Gasteiger partial charge >= 0.3 is 6.03 Å². The normalized spacial score (nSPS) is 16.2. The lowest BCUT2D eigenvalue weighted by Gasteiger charge is -2.15. The Labute approximate surface area is 160 Å². The predicted octanol–water partition coefficient (Wildman–Crippen LogP) is 3.68. The minimum Gasteiger partial charge on any atom is -0.454 e. The summed E-state index contributed by atoms with van der Waals surface area (Å²) in [6, 6.07) is 14.9. The summed E-state index contributed by atoms with van der Waals surface area (Å²) in [6.45, 7) is 0. The van der Waals surface area contributed by atoms with Crippen molar-refractivity contribution in [2.45, 2.75) is 12.5 Å². The molecular formula is C21H16FN3O3. The van der Waals surface area contributed by atoms with E-state index in [4.69, 9.17) is 4.74 Å². The first-order valence-corrected chi connectivity index (χ1v) is 8.67. The van der Waals surface area contributed by atoms with E-state index >= 15 is 0 Å². The van der Waals surface area contributed by atoms with Crippen LogP contribution < -0.4 is 15.0 Å². The molecule has 1 saturated heterocycles. The van der Waals surface area contributed by atoms with Gasteiger partial charge in [0.2, 0.25) is 0 Å². The maximum Gasteiger partial charge on any atom is 0.329 e. The molecule has 1 fully saturated rings. The topological polar surface area (TPSA) is 71.5 Å². The third-order valence-electron chi connectivity index (χ3n) is 4.35. The molecule has 1 aromatic heterocycles. The molecule has 6 nitrogen and oxygen atoms in total. The third-order valence-corrected chi connectivity index (χ3v) is 4.35. The number of carbonyl (C=O) groups is 2. The van der Waals surface area contributed by atoms with E-state index in [1.165, 1.54) is 18.2 Å². The molecule has 0 bridgehead atoms. The van der Waals surface area contributed by atoms with Gasteiger partial charge in [0.05, 0.1) is 5.69 Å². The van der Waals surface area contributed by atoms with Crippen molar-refractivity contribution in [2.24, 2.45) is 0 Å². The Hall–Kier alpha value is -3.74. The zero-order valence-corrected chi connectivity index (χ0v) is 14.7. The number of nitrogens with one attached hydrogen (secondary N) is 1. The van der Waals surface area contributed by atoms with Crippen LogP contribution in [0.5, 0.6) is 11.5 Å². The van der Waals surface area contributed by atoms with Crippen LogP contribution >= 0.6 is 0 Å². The van der Waals surface area contributed by atoms with Crippen molar-refractivity contribution in [2.75, 3.05) is 4.90 Å². The molecule has 140 valence electrons. The monoisotopic (exact) mass is 377 g/mol. The fourth-order valence-corrected chi connectivity index (χ4v) is 3.01. The summed E-state index contributed by atoms with van der Waals surface area (Å²) in [4.78, 5) is 30.2. The van der Waals surface area contributed by atoms with Gasteiger partial charge in [0.15, 0.2) is 11.6 Å². The summed E-state index contributed by atoms with van der Waals surface area (Å²) >= 11 is 0. The summed E-state index contributed by atoms with van der Waals surface area (Å²) < 4.78 is 19.4. The SMILES string of the molecule is O=C1NC(Cc2ccncc2)C(=O)N1c1cccc(Oc2ccccc2F)c1. The maximum absolute atomic E-state index is 13.8. The zero-order chi connectivity index (χ0) is 19.5. The number of halogens is 1. The molecule has 3 amide bonds. The highest BCUT2D eigenvalue weighted by Crippen LogP contribution is 2.29. The predicted molar refractivity (Wildman–Crippen MR) is 101 cm³/mol. The average Bonchev–Trinajstić information content (AvgIpc) is 2.98. The number of hydrogen-bond acceptors (Lipinski definition) is 4. The Morgan fingerprint density at radius 1 is 1.04 bits per heavy atom. The van der Waals surface area contributed by atoms with E-state index in [0.29, 0.717) is 17.9 Å². The minimum absolute atomic E-state index is 0.0624. The fourth-order valence-electron chi connectivity index (χ4n) is 3.01. The molecule has 7 heteroatoms. The lowest BCUT2D eigenvalue weighted by molar-refractivity contribution is -0.118. The molecule has 28 heavy (non-hydrogen) atoms. The van der Waals surface area contributed by atoms with Gasteiger partial charge in [-0.15, -0.1) is 0 Å². The lowest BCUT2D eigenvalue weighted by Crippen LogP contribution is -2.32. The number of ether oxygens (including phenoxy) is 1. The number of imide groups is 1. The van der Waals surface area contributed by atoms with Crippen LogP contribution in [0, 0.1) is 5.82 Å². The molecule has 1 aliphatic rings. The number of anilines is 1. The van der Waals surface area contributed by atoms with Crippen LogP contribution in [0.25, 0.3) is 0 Å². The molecule has 1 atom stereocenters. The van der Waals surface area contributed by atoms with Gasteiger partial charge in [-0.3, -0.25) is 9.78 Å². The number of rotatable bonds is 5. The van der Waals surface area contributed by atoms with E-state index in [1.807, 2.05) is 0 Å². The van der Waals surface area contributed by atoms with E-state index < -0.39 is 17.9 Å². The van der Waals surface area contributed by atoms with Gasteiger partial charge in [-0.05, 0) is 42.0 Å². The average molecular weight is 377 g/mol. The molecule has 1 aliphatic heterocycles. The highest BCUT2D eigenvalue weighted by Gasteiger charge is 2.39. The molecule has 0 radical (unpaired) electrons. The van der Waals surface area contributed by atoms with Gasteiger partial charge in [-0.1, -0.05) is 18.2 Å².